The van der Waals surface area contributed by atoms with Crippen LogP contribution in [-0.2, 0) is 20.9 Å². The van der Waals surface area contributed by atoms with Crippen molar-refractivity contribution in [3.8, 4) is 0 Å². The van der Waals surface area contributed by atoms with Gasteiger partial charge in [-0.2, -0.15) is 0 Å². The van der Waals surface area contributed by atoms with Crippen LogP contribution in [0.15, 0.2) is 30.3 Å². The molecule has 1 aromatic carbocycles. The second-order valence-corrected chi connectivity index (χ2v) is 7.66. The van der Waals surface area contributed by atoms with Gasteiger partial charge in [0.25, 0.3) is 0 Å². The maximum atomic E-state index is 12.7. The van der Waals surface area contributed by atoms with E-state index in [1.807, 2.05) is 30.3 Å². The number of carbonyl (C=O) groups is 3. The van der Waals surface area contributed by atoms with E-state index in [4.69, 9.17) is 4.74 Å². The van der Waals surface area contributed by atoms with Crippen molar-refractivity contribution >= 4 is 18.0 Å². The molecule has 7 heteroatoms. The second-order valence-electron chi connectivity index (χ2n) is 7.66. The maximum absolute atomic E-state index is 12.7. The summed E-state index contributed by atoms with van der Waals surface area (Å²) in [7, 11) is 0. The molecule has 0 bridgehead atoms. The first-order valence-electron chi connectivity index (χ1n) is 8.59. The number of hydrogen-bond donors (Lipinski definition) is 2. The summed E-state index contributed by atoms with van der Waals surface area (Å²) in [5, 5.41) is 12.3. The number of alkyl carbamates (subject to hydrolysis) is 1. The predicted molar refractivity (Wildman–Crippen MR) is 95.4 cm³/mol. The van der Waals surface area contributed by atoms with Crippen LogP contribution in [-0.4, -0.2) is 46.1 Å². The van der Waals surface area contributed by atoms with Crippen LogP contribution in [0.1, 0.15) is 39.7 Å². The van der Waals surface area contributed by atoms with Crippen LogP contribution in [0.2, 0.25) is 0 Å². The normalized spacial score (nSPS) is 19.8. The summed E-state index contributed by atoms with van der Waals surface area (Å²) in [6.07, 6.45) is -0.347. The fourth-order valence-electron chi connectivity index (χ4n) is 3.01. The third-order valence-corrected chi connectivity index (χ3v) is 5.13. The number of carboxylic acids is 1. The van der Waals surface area contributed by atoms with Crippen LogP contribution < -0.4 is 5.32 Å². The lowest BCUT2D eigenvalue weighted by Crippen LogP contribution is -2.62. The van der Waals surface area contributed by atoms with E-state index in [0.29, 0.717) is 6.42 Å². The Morgan fingerprint density at radius 3 is 2.38 bits per heavy atom. The van der Waals surface area contributed by atoms with Crippen LogP contribution in [0.5, 0.6) is 0 Å². The molecule has 1 heterocycles. The zero-order valence-electron chi connectivity index (χ0n) is 15.6. The molecule has 2 rings (SSSR count). The number of hydrogen-bond acceptors (Lipinski definition) is 4. The van der Waals surface area contributed by atoms with Crippen LogP contribution in [0.25, 0.3) is 0 Å². The quantitative estimate of drug-likeness (QED) is 0.838. The third-order valence-electron chi connectivity index (χ3n) is 5.13. The van der Waals surface area contributed by atoms with E-state index in [9.17, 15) is 19.5 Å². The van der Waals surface area contributed by atoms with Crippen molar-refractivity contribution < 1.29 is 24.2 Å². The Balaban J connectivity index is 2.00. The summed E-state index contributed by atoms with van der Waals surface area (Å²) in [6, 6.07) is 8.43. The minimum absolute atomic E-state index is 0.103. The average Bonchev–Trinajstić information content (AvgIpc) is 2.93. The summed E-state index contributed by atoms with van der Waals surface area (Å²) in [6.45, 7) is 7.26. The molecule has 26 heavy (non-hydrogen) atoms. The topological polar surface area (TPSA) is 95.9 Å². The minimum atomic E-state index is -1.37. The van der Waals surface area contributed by atoms with E-state index in [1.165, 1.54) is 4.90 Å². The van der Waals surface area contributed by atoms with E-state index in [0.717, 1.165) is 5.56 Å². The van der Waals surface area contributed by atoms with Crippen molar-refractivity contribution in [2.45, 2.75) is 52.3 Å². The van der Waals surface area contributed by atoms with Crippen molar-refractivity contribution in [2.24, 2.45) is 5.41 Å². The van der Waals surface area contributed by atoms with Gasteiger partial charge >= 0.3 is 12.1 Å². The SMILES string of the molecule is CC(C)(C)[C@](C)(C(=O)O)N1CC[C@H](NC(=O)OCc2ccccc2)C1=O. The van der Waals surface area contributed by atoms with E-state index in [-0.39, 0.29) is 13.2 Å². The van der Waals surface area contributed by atoms with Gasteiger partial charge in [-0.25, -0.2) is 9.59 Å². The van der Waals surface area contributed by atoms with Gasteiger partial charge in [-0.15, -0.1) is 0 Å². The second kappa shape index (κ2) is 7.35. The first kappa shape index (κ1) is 19.8. The van der Waals surface area contributed by atoms with Gasteiger partial charge in [0.2, 0.25) is 5.91 Å². The third kappa shape index (κ3) is 3.81. The molecule has 0 spiro atoms. The Morgan fingerprint density at radius 2 is 1.85 bits per heavy atom. The van der Waals surface area contributed by atoms with E-state index in [1.54, 1.807) is 27.7 Å². The first-order chi connectivity index (χ1) is 12.1. The highest BCUT2D eigenvalue weighted by molar-refractivity contribution is 5.93. The van der Waals surface area contributed by atoms with Gasteiger partial charge in [0.1, 0.15) is 18.2 Å². The Morgan fingerprint density at radius 1 is 1.23 bits per heavy atom. The van der Waals surface area contributed by atoms with Gasteiger partial charge < -0.3 is 20.1 Å². The van der Waals surface area contributed by atoms with Gasteiger partial charge in [-0.05, 0) is 24.3 Å². The van der Waals surface area contributed by atoms with Gasteiger partial charge in [-0.1, -0.05) is 51.1 Å². The molecule has 0 aliphatic carbocycles. The van der Waals surface area contributed by atoms with Crippen molar-refractivity contribution in [1.29, 1.82) is 0 Å². The van der Waals surface area contributed by atoms with Crippen molar-refractivity contribution in [3.63, 3.8) is 0 Å². The molecular formula is C19H26N2O5. The Kier molecular flexibility index (Phi) is 5.59. The smallest absolute Gasteiger partial charge is 0.408 e. The summed E-state index contributed by atoms with van der Waals surface area (Å²) in [4.78, 5) is 37.9. The molecule has 0 unspecified atom stereocenters. The van der Waals surface area contributed by atoms with Crippen LogP contribution in [0.3, 0.4) is 0 Å². The fraction of sp³-hybridized carbons (Fsp3) is 0.526. The molecule has 0 saturated carbocycles. The van der Waals surface area contributed by atoms with Crippen LogP contribution in [0.4, 0.5) is 4.79 Å². The highest BCUT2D eigenvalue weighted by Crippen LogP contribution is 2.38. The highest BCUT2D eigenvalue weighted by Gasteiger charge is 2.54. The van der Waals surface area contributed by atoms with Crippen molar-refractivity contribution in [3.05, 3.63) is 35.9 Å². The zero-order chi connectivity index (χ0) is 19.5. The Bertz CT molecular complexity index is 683. The highest BCUT2D eigenvalue weighted by atomic mass is 16.5. The van der Waals surface area contributed by atoms with E-state index < -0.39 is 35.0 Å². The number of benzene rings is 1. The van der Waals surface area contributed by atoms with Crippen molar-refractivity contribution in [1.82, 2.24) is 10.2 Å². The molecule has 2 amide bonds. The summed E-state index contributed by atoms with van der Waals surface area (Å²) >= 11 is 0. The monoisotopic (exact) mass is 362 g/mol. The summed E-state index contributed by atoms with van der Waals surface area (Å²) in [5.74, 6) is -1.47. The van der Waals surface area contributed by atoms with Gasteiger partial charge in [0.15, 0.2) is 0 Å². The molecule has 2 N–H and O–H groups in total. The first-order valence-corrected chi connectivity index (χ1v) is 8.59. The zero-order valence-corrected chi connectivity index (χ0v) is 15.6. The number of likely N-dealkylation sites (tertiary alicyclic amines) is 1. The molecule has 7 nitrogen and oxygen atoms in total. The molecule has 142 valence electrons. The number of carboxylic acid groups (broad SMARTS) is 1. The van der Waals surface area contributed by atoms with Crippen molar-refractivity contribution in [2.75, 3.05) is 6.54 Å². The van der Waals surface area contributed by atoms with E-state index >= 15 is 0 Å². The standard InChI is InChI=1S/C19H26N2O5/c1-18(2,3)19(4,16(23)24)21-11-10-14(15(21)22)20-17(25)26-12-13-8-6-5-7-9-13/h5-9,14H,10-12H2,1-4H3,(H,20,25)(H,23,24)/t14-,19-/m0/s1. The fourth-order valence-corrected chi connectivity index (χ4v) is 3.01. The number of rotatable bonds is 5. The van der Waals surface area contributed by atoms with Crippen LogP contribution >= 0.6 is 0 Å². The molecule has 2 atom stereocenters. The largest absolute Gasteiger partial charge is 0.479 e. The lowest BCUT2D eigenvalue weighted by Gasteiger charge is -2.44. The molecule has 0 radical (unpaired) electrons. The lowest BCUT2D eigenvalue weighted by molar-refractivity contribution is -0.164. The molecule has 1 aliphatic heterocycles. The number of ether oxygens (including phenoxy) is 1. The Hall–Kier alpha value is -2.57. The Labute approximate surface area is 153 Å². The predicted octanol–water partition coefficient (Wildman–Crippen LogP) is 2.40. The number of aliphatic carboxylic acids is 1. The molecule has 1 fully saturated rings. The van der Waals surface area contributed by atoms with Crippen LogP contribution in [0, 0.1) is 5.41 Å². The van der Waals surface area contributed by atoms with Gasteiger partial charge in [-0.3, -0.25) is 4.79 Å². The number of nitrogens with zero attached hydrogens (tertiary/aromatic N) is 1. The molecule has 0 aromatic heterocycles. The number of nitrogens with one attached hydrogen (secondary N) is 1. The van der Waals surface area contributed by atoms with E-state index in [2.05, 4.69) is 5.32 Å². The van der Waals surface area contributed by atoms with Gasteiger partial charge in [0, 0.05) is 6.54 Å². The molecule has 1 aliphatic rings. The number of amides is 2. The minimum Gasteiger partial charge on any atom is -0.479 e. The van der Waals surface area contributed by atoms with Gasteiger partial charge in [0.05, 0.1) is 0 Å². The molecule has 1 aromatic rings. The summed E-state index contributed by atoms with van der Waals surface area (Å²) in [5.41, 5.74) is -1.20. The summed E-state index contributed by atoms with van der Waals surface area (Å²) < 4.78 is 5.14. The molecular weight excluding hydrogens is 336 g/mol. The number of carbonyl (C=O) groups excluding carboxylic acids is 2. The lowest BCUT2D eigenvalue weighted by atomic mass is 9.73. The molecule has 1 saturated heterocycles. The average molecular weight is 362 g/mol. The maximum Gasteiger partial charge on any atom is 0.408 e.